The molecule has 1 fully saturated rings. The molecule has 0 spiro atoms. The van der Waals surface area contributed by atoms with Crippen molar-refractivity contribution in [2.75, 3.05) is 44.2 Å². The number of β-amino-alcohol motifs (C(OH)–C–C–N with tert-alkyl or cyclic N) is 1. The van der Waals surface area contributed by atoms with E-state index < -0.39 is 0 Å². The Bertz CT molecular complexity index is 487. The average Bonchev–Trinajstić information content (AvgIpc) is 2.56. The Hall–Kier alpha value is -1.18. The normalized spacial score (nSPS) is 17.2. The summed E-state index contributed by atoms with van der Waals surface area (Å²) in [5, 5.41) is 13.5. The van der Waals surface area contributed by atoms with Gasteiger partial charge in [0.25, 0.3) is 0 Å². The largest absolute Gasteiger partial charge is 0.395 e. The van der Waals surface area contributed by atoms with Crippen LogP contribution in [0.25, 0.3) is 0 Å². The van der Waals surface area contributed by atoms with E-state index in [2.05, 4.69) is 14.9 Å². The molecule has 112 valence electrons. The van der Waals surface area contributed by atoms with Crippen molar-refractivity contribution < 1.29 is 5.11 Å². The summed E-state index contributed by atoms with van der Waals surface area (Å²) in [7, 11) is 1.93. The van der Waals surface area contributed by atoms with Gasteiger partial charge in [-0.3, -0.25) is 9.58 Å². The maximum absolute atomic E-state index is 9.05. The van der Waals surface area contributed by atoms with Crippen molar-refractivity contribution >= 4 is 23.0 Å². The molecule has 1 aromatic rings. The van der Waals surface area contributed by atoms with E-state index in [0.29, 0.717) is 4.99 Å². The topological polar surface area (TPSA) is 70.5 Å². The third kappa shape index (κ3) is 3.11. The van der Waals surface area contributed by atoms with Crippen LogP contribution in [0.4, 0.5) is 5.82 Å². The molecule has 0 unspecified atom stereocenters. The van der Waals surface area contributed by atoms with Crippen LogP contribution in [-0.2, 0) is 7.05 Å². The molecule has 3 N–H and O–H groups in total. The van der Waals surface area contributed by atoms with Gasteiger partial charge >= 0.3 is 0 Å². The summed E-state index contributed by atoms with van der Waals surface area (Å²) in [6.45, 7) is 6.68. The summed E-state index contributed by atoms with van der Waals surface area (Å²) < 4.78 is 1.87. The lowest BCUT2D eigenvalue weighted by Crippen LogP contribution is -2.34. The summed E-state index contributed by atoms with van der Waals surface area (Å²) in [4.78, 5) is 4.98. The van der Waals surface area contributed by atoms with Crippen molar-refractivity contribution in [3.8, 4) is 0 Å². The highest BCUT2D eigenvalue weighted by Crippen LogP contribution is 2.24. The van der Waals surface area contributed by atoms with Crippen molar-refractivity contribution in [3.05, 3.63) is 11.3 Å². The molecule has 2 rings (SSSR count). The molecule has 7 heteroatoms. The molecule has 2 heterocycles. The predicted molar refractivity (Wildman–Crippen MR) is 84.2 cm³/mol. The first-order valence-electron chi connectivity index (χ1n) is 6.96. The predicted octanol–water partition coefficient (Wildman–Crippen LogP) is -0.133. The van der Waals surface area contributed by atoms with E-state index in [1.54, 1.807) is 0 Å². The van der Waals surface area contributed by atoms with Gasteiger partial charge in [0, 0.05) is 33.2 Å². The van der Waals surface area contributed by atoms with Gasteiger partial charge in [-0.05, 0) is 19.9 Å². The Labute approximate surface area is 125 Å². The van der Waals surface area contributed by atoms with Gasteiger partial charge in [0.05, 0.1) is 17.9 Å². The Morgan fingerprint density at radius 1 is 1.35 bits per heavy atom. The molecular weight excluding hydrogens is 274 g/mol. The van der Waals surface area contributed by atoms with Crippen molar-refractivity contribution in [2.45, 2.75) is 13.3 Å². The number of hydrogen-bond acceptors (Lipinski definition) is 5. The summed E-state index contributed by atoms with van der Waals surface area (Å²) in [6.07, 6.45) is 1.06. The van der Waals surface area contributed by atoms with E-state index in [9.17, 15) is 0 Å². The van der Waals surface area contributed by atoms with Crippen molar-refractivity contribution in [1.29, 1.82) is 0 Å². The summed E-state index contributed by atoms with van der Waals surface area (Å²) in [5.74, 6) is 1.01. The smallest absolute Gasteiger partial charge is 0.137 e. The molecule has 0 aliphatic carbocycles. The molecule has 0 radical (unpaired) electrons. The summed E-state index contributed by atoms with van der Waals surface area (Å²) in [6, 6.07) is 0. The lowest BCUT2D eigenvalue weighted by Gasteiger charge is -2.24. The number of hydrogen-bond donors (Lipinski definition) is 2. The molecule has 0 saturated carbocycles. The lowest BCUT2D eigenvalue weighted by atomic mass is 10.2. The zero-order valence-electron chi connectivity index (χ0n) is 12.2. The number of aromatic nitrogens is 2. The van der Waals surface area contributed by atoms with Gasteiger partial charge < -0.3 is 15.7 Å². The van der Waals surface area contributed by atoms with E-state index in [4.69, 9.17) is 23.1 Å². The minimum atomic E-state index is 0.211. The molecule has 0 aromatic carbocycles. The second-order valence-corrected chi connectivity index (χ2v) is 5.62. The molecule has 6 nitrogen and oxygen atoms in total. The Kier molecular flexibility index (Phi) is 4.95. The average molecular weight is 297 g/mol. The zero-order valence-corrected chi connectivity index (χ0v) is 13.0. The quantitative estimate of drug-likeness (QED) is 0.754. The molecule has 0 atom stereocenters. The Morgan fingerprint density at radius 2 is 2.10 bits per heavy atom. The van der Waals surface area contributed by atoms with Crippen molar-refractivity contribution in [3.63, 3.8) is 0 Å². The van der Waals surface area contributed by atoms with E-state index in [-0.39, 0.29) is 6.61 Å². The number of nitrogens with zero attached hydrogens (tertiary/aromatic N) is 4. The van der Waals surface area contributed by atoms with E-state index >= 15 is 0 Å². The first kappa shape index (κ1) is 15.2. The number of aliphatic hydroxyl groups is 1. The summed E-state index contributed by atoms with van der Waals surface area (Å²) in [5.41, 5.74) is 7.63. The second-order valence-electron chi connectivity index (χ2n) is 5.18. The standard InChI is InChI=1S/C13H23N5OS/c1-10-11(12(14)20)13(16(2)15-10)18-5-3-4-17(6-7-18)8-9-19/h19H,3-9H2,1-2H3,(H2,14,20). The first-order valence-corrected chi connectivity index (χ1v) is 7.37. The highest BCUT2D eigenvalue weighted by molar-refractivity contribution is 7.80. The lowest BCUT2D eigenvalue weighted by molar-refractivity contribution is 0.204. The van der Waals surface area contributed by atoms with Crippen LogP contribution >= 0.6 is 12.2 Å². The third-order valence-electron chi connectivity index (χ3n) is 3.74. The highest BCUT2D eigenvalue weighted by Gasteiger charge is 2.23. The van der Waals surface area contributed by atoms with Crippen molar-refractivity contribution in [2.24, 2.45) is 12.8 Å². The van der Waals surface area contributed by atoms with Crippen LogP contribution in [-0.4, -0.2) is 64.1 Å². The van der Waals surface area contributed by atoms with Crippen LogP contribution in [0.3, 0.4) is 0 Å². The van der Waals surface area contributed by atoms with Gasteiger partial charge in [-0.15, -0.1) is 0 Å². The van der Waals surface area contributed by atoms with Crippen LogP contribution in [0.15, 0.2) is 0 Å². The minimum Gasteiger partial charge on any atom is -0.395 e. The van der Waals surface area contributed by atoms with Crippen LogP contribution in [0.1, 0.15) is 17.7 Å². The fraction of sp³-hybridized carbons (Fsp3) is 0.692. The molecule has 0 amide bonds. The minimum absolute atomic E-state index is 0.211. The van der Waals surface area contributed by atoms with Crippen molar-refractivity contribution in [1.82, 2.24) is 14.7 Å². The Morgan fingerprint density at radius 3 is 2.75 bits per heavy atom. The first-order chi connectivity index (χ1) is 9.54. The Balaban J connectivity index is 2.21. The molecule has 1 aliphatic heterocycles. The van der Waals surface area contributed by atoms with Gasteiger partial charge in [0.2, 0.25) is 0 Å². The van der Waals surface area contributed by atoms with Crippen LogP contribution in [0.2, 0.25) is 0 Å². The third-order valence-corrected chi connectivity index (χ3v) is 3.95. The molecule has 1 aromatic heterocycles. The maximum atomic E-state index is 9.05. The van der Waals surface area contributed by atoms with E-state index in [1.165, 1.54) is 0 Å². The molecule has 0 bridgehead atoms. The fourth-order valence-corrected chi connectivity index (χ4v) is 3.08. The zero-order chi connectivity index (χ0) is 14.7. The van der Waals surface area contributed by atoms with Gasteiger partial charge in [-0.2, -0.15) is 5.10 Å². The van der Waals surface area contributed by atoms with Crippen LogP contribution in [0.5, 0.6) is 0 Å². The number of aliphatic hydroxyl groups excluding tert-OH is 1. The number of aryl methyl sites for hydroxylation is 2. The summed E-state index contributed by atoms with van der Waals surface area (Å²) >= 11 is 5.17. The number of nitrogens with two attached hydrogens (primary N) is 1. The van der Waals surface area contributed by atoms with Crippen LogP contribution < -0.4 is 10.6 Å². The molecule has 1 aliphatic rings. The van der Waals surface area contributed by atoms with Gasteiger partial charge in [0.1, 0.15) is 10.8 Å². The monoisotopic (exact) mass is 297 g/mol. The van der Waals surface area contributed by atoms with Gasteiger partial charge in [0.15, 0.2) is 0 Å². The second kappa shape index (κ2) is 6.51. The fourth-order valence-electron chi connectivity index (χ4n) is 2.84. The highest BCUT2D eigenvalue weighted by atomic mass is 32.1. The molecule has 1 saturated heterocycles. The van der Waals surface area contributed by atoms with Crippen LogP contribution in [0, 0.1) is 6.92 Å². The number of thiocarbonyl (C=S) groups is 1. The van der Waals surface area contributed by atoms with Gasteiger partial charge in [-0.25, -0.2) is 0 Å². The number of anilines is 1. The number of rotatable bonds is 4. The van der Waals surface area contributed by atoms with E-state index in [0.717, 1.165) is 56.2 Å². The van der Waals surface area contributed by atoms with Gasteiger partial charge in [-0.1, -0.05) is 12.2 Å². The molecular formula is C13H23N5OS. The maximum Gasteiger partial charge on any atom is 0.137 e. The SMILES string of the molecule is Cc1nn(C)c(N2CCCN(CCO)CC2)c1C(N)=S. The van der Waals surface area contributed by atoms with E-state index in [1.807, 2.05) is 18.7 Å². The molecule has 20 heavy (non-hydrogen) atoms.